The molecule has 2 unspecified atom stereocenters. The SMILES string of the molecule is O=[N+]([O-])c1ccc(CCN2CCCC2CC(O)c2ccco2)cc1. The highest BCUT2D eigenvalue weighted by molar-refractivity contribution is 5.32. The molecule has 2 aromatic rings. The van der Waals surface area contributed by atoms with Crippen molar-refractivity contribution in [2.24, 2.45) is 0 Å². The Labute approximate surface area is 140 Å². The van der Waals surface area contributed by atoms with Gasteiger partial charge in [0.2, 0.25) is 0 Å². The highest BCUT2D eigenvalue weighted by atomic mass is 16.6. The third-order valence-corrected chi connectivity index (χ3v) is 4.70. The van der Waals surface area contributed by atoms with E-state index >= 15 is 0 Å². The maximum atomic E-state index is 10.7. The first kappa shape index (κ1) is 16.7. The molecule has 6 heteroatoms. The van der Waals surface area contributed by atoms with Gasteiger partial charge in [-0.25, -0.2) is 0 Å². The van der Waals surface area contributed by atoms with Crippen LogP contribution in [0, 0.1) is 10.1 Å². The van der Waals surface area contributed by atoms with Gasteiger partial charge < -0.3 is 9.52 Å². The van der Waals surface area contributed by atoms with Crippen molar-refractivity contribution < 1.29 is 14.4 Å². The first-order chi connectivity index (χ1) is 11.6. The van der Waals surface area contributed by atoms with Crippen LogP contribution in [0.5, 0.6) is 0 Å². The molecule has 0 aliphatic carbocycles. The van der Waals surface area contributed by atoms with Crippen molar-refractivity contribution in [3.05, 3.63) is 64.1 Å². The van der Waals surface area contributed by atoms with Crippen LogP contribution in [0.15, 0.2) is 47.1 Å². The molecule has 1 saturated heterocycles. The number of hydrogen-bond donors (Lipinski definition) is 1. The summed E-state index contributed by atoms with van der Waals surface area (Å²) in [5.74, 6) is 0.622. The summed E-state index contributed by atoms with van der Waals surface area (Å²) in [4.78, 5) is 12.7. The second-order valence-corrected chi connectivity index (χ2v) is 6.27. The summed E-state index contributed by atoms with van der Waals surface area (Å²) in [6.07, 6.45) is 4.76. The molecule has 2 heterocycles. The van der Waals surface area contributed by atoms with E-state index < -0.39 is 6.10 Å². The molecule has 3 rings (SSSR count). The summed E-state index contributed by atoms with van der Waals surface area (Å²) in [6.45, 7) is 1.93. The van der Waals surface area contributed by atoms with Gasteiger partial charge >= 0.3 is 0 Å². The lowest BCUT2D eigenvalue weighted by Gasteiger charge is -2.25. The smallest absolute Gasteiger partial charge is 0.269 e. The average molecular weight is 330 g/mol. The van der Waals surface area contributed by atoms with Gasteiger partial charge in [0, 0.05) is 24.7 Å². The number of hydrogen-bond acceptors (Lipinski definition) is 5. The lowest BCUT2D eigenvalue weighted by Crippen LogP contribution is -2.32. The molecule has 1 N–H and O–H groups in total. The van der Waals surface area contributed by atoms with Gasteiger partial charge in [0.15, 0.2) is 0 Å². The lowest BCUT2D eigenvalue weighted by atomic mass is 10.0. The summed E-state index contributed by atoms with van der Waals surface area (Å²) in [7, 11) is 0. The molecule has 0 radical (unpaired) electrons. The van der Waals surface area contributed by atoms with Crippen LogP contribution in [0.4, 0.5) is 5.69 Å². The van der Waals surface area contributed by atoms with Crippen molar-refractivity contribution in [3.8, 4) is 0 Å². The Hall–Kier alpha value is -2.18. The van der Waals surface area contributed by atoms with Crippen LogP contribution in [0.3, 0.4) is 0 Å². The maximum Gasteiger partial charge on any atom is 0.269 e. The van der Waals surface area contributed by atoms with E-state index in [4.69, 9.17) is 4.42 Å². The van der Waals surface area contributed by atoms with E-state index in [1.807, 2.05) is 12.1 Å². The van der Waals surface area contributed by atoms with Crippen molar-refractivity contribution >= 4 is 5.69 Å². The van der Waals surface area contributed by atoms with Crippen molar-refractivity contribution in [1.29, 1.82) is 0 Å². The predicted molar refractivity (Wildman–Crippen MR) is 89.7 cm³/mol. The van der Waals surface area contributed by atoms with E-state index in [0.29, 0.717) is 18.2 Å². The van der Waals surface area contributed by atoms with Crippen LogP contribution in [-0.2, 0) is 6.42 Å². The zero-order valence-electron chi connectivity index (χ0n) is 13.5. The lowest BCUT2D eigenvalue weighted by molar-refractivity contribution is -0.384. The molecule has 0 saturated carbocycles. The monoisotopic (exact) mass is 330 g/mol. The molecular weight excluding hydrogens is 308 g/mol. The molecule has 0 spiro atoms. The van der Waals surface area contributed by atoms with E-state index in [-0.39, 0.29) is 10.6 Å². The minimum absolute atomic E-state index is 0.124. The van der Waals surface area contributed by atoms with E-state index in [1.54, 1.807) is 30.5 Å². The molecule has 0 bridgehead atoms. The van der Waals surface area contributed by atoms with Crippen molar-refractivity contribution in [3.63, 3.8) is 0 Å². The van der Waals surface area contributed by atoms with Gasteiger partial charge in [-0.15, -0.1) is 0 Å². The number of benzene rings is 1. The topological polar surface area (TPSA) is 79.8 Å². The molecule has 2 atom stereocenters. The molecule has 1 aromatic carbocycles. The molecule has 24 heavy (non-hydrogen) atoms. The third-order valence-electron chi connectivity index (χ3n) is 4.70. The fourth-order valence-electron chi connectivity index (χ4n) is 3.37. The van der Waals surface area contributed by atoms with Crippen LogP contribution in [0.25, 0.3) is 0 Å². The fourth-order valence-corrected chi connectivity index (χ4v) is 3.37. The standard InChI is InChI=1S/C18H22N2O4/c21-17(18-4-2-12-24-18)13-16-3-1-10-19(16)11-9-14-5-7-15(8-6-14)20(22)23/h2,4-8,12,16-17,21H,1,3,9-11,13H2. The number of nitrogens with zero attached hydrogens (tertiary/aromatic N) is 2. The fraction of sp³-hybridized carbons (Fsp3) is 0.444. The van der Waals surface area contributed by atoms with E-state index in [9.17, 15) is 15.2 Å². The largest absolute Gasteiger partial charge is 0.467 e. The first-order valence-electron chi connectivity index (χ1n) is 8.32. The molecule has 1 fully saturated rings. The number of aliphatic hydroxyl groups excluding tert-OH is 1. The molecule has 6 nitrogen and oxygen atoms in total. The van der Waals surface area contributed by atoms with Crippen LogP contribution in [0.1, 0.15) is 36.7 Å². The number of nitro benzene ring substituents is 1. The zero-order chi connectivity index (χ0) is 16.9. The Bertz CT molecular complexity index is 654. The highest BCUT2D eigenvalue weighted by Crippen LogP contribution is 2.27. The molecular formula is C18H22N2O4. The van der Waals surface area contributed by atoms with Crippen molar-refractivity contribution in [2.75, 3.05) is 13.1 Å². The van der Waals surface area contributed by atoms with E-state index in [0.717, 1.165) is 37.9 Å². The Kier molecular flexibility index (Phi) is 5.27. The van der Waals surface area contributed by atoms with E-state index in [2.05, 4.69) is 4.90 Å². The Balaban J connectivity index is 1.53. The first-order valence-corrected chi connectivity index (χ1v) is 8.32. The van der Waals surface area contributed by atoms with Crippen LogP contribution in [0.2, 0.25) is 0 Å². The Morgan fingerprint density at radius 2 is 2.12 bits per heavy atom. The predicted octanol–water partition coefficient (Wildman–Crippen LogP) is 3.32. The molecule has 128 valence electrons. The number of furan rings is 1. The van der Waals surface area contributed by atoms with Gasteiger partial charge in [0.25, 0.3) is 5.69 Å². The summed E-state index contributed by atoms with van der Waals surface area (Å²) >= 11 is 0. The van der Waals surface area contributed by atoms with Crippen LogP contribution < -0.4 is 0 Å². The minimum atomic E-state index is -0.565. The molecule has 1 aliphatic rings. The van der Waals surface area contributed by atoms with Crippen LogP contribution >= 0.6 is 0 Å². The van der Waals surface area contributed by atoms with Crippen molar-refractivity contribution in [2.45, 2.75) is 37.8 Å². The average Bonchev–Trinajstić information content (AvgIpc) is 3.25. The third kappa shape index (κ3) is 4.01. The molecule has 1 aliphatic heterocycles. The van der Waals surface area contributed by atoms with Gasteiger partial charge in [-0.05, 0) is 49.9 Å². The second-order valence-electron chi connectivity index (χ2n) is 6.27. The second kappa shape index (κ2) is 7.59. The summed E-state index contributed by atoms with van der Waals surface area (Å²) in [6, 6.07) is 10.7. The van der Waals surface area contributed by atoms with Gasteiger partial charge in [-0.2, -0.15) is 0 Å². The molecule has 1 aromatic heterocycles. The quantitative estimate of drug-likeness (QED) is 0.622. The highest BCUT2D eigenvalue weighted by Gasteiger charge is 2.27. The van der Waals surface area contributed by atoms with Gasteiger partial charge in [0.1, 0.15) is 11.9 Å². The summed E-state index contributed by atoms with van der Waals surface area (Å²) in [5, 5.41) is 21.0. The number of nitro groups is 1. The van der Waals surface area contributed by atoms with Gasteiger partial charge in [-0.1, -0.05) is 12.1 Å². The summed E-state index contributed by atoms with van der Waals surface area (Å²) < 4.78 is 5.28. The van der Waals surface area contributed by atoms with Crippen molar-refractivity contribution in [1.82, 2.24) is 4.90 Å². The van der Waals surface area contributed by atoms with Crippen LogP contribution in [-0.4, -0.2) is 34.1 Å². The zero-order valence-corrected chi connectivity index (χ0v) is 13.5. The minimum Gasteiger partial charge on any atom is -0.467 e. The Morgan fingerprint density at radius 3 is 2.79 bits per heavy atom. The Morgan fingerprint density at radius 1 is 1.33 bits per heavy atom. The number of likely N-dealkylation sites (tertiary alicyclic amines) is 1. The van der Waals surface area contributed by atoms with Gasteiger partial charge in [0.05, 0.1) is 11.2 Å². The normalized spacial score (nSPS) is 19.5. The van der Waals surface area contributed by atoms with Gasteiger partial charge in [-0.3, -0.25) is 15.0 Å². The number of rotatable bonds is 7. The number of non-ortho nitro benzene ring substituents is 1. The number of aliphatic hydroxyl groups is 1. The summed E-state index contributed by atoms with van der Waals surface area (Å²) in [5.41, 5.74) is 1.22. The molecule has 0 amide bonds. The maximum absolute atomic E-state index is 10.7. The van der Waals surface area contributed by atoms with E-state index in [1.165, 1.54) is 0 Å².